The maximum absolute atomic E-state index is 12.5. The van der Waals surface area contributed by atoms with Crippen molar-refractivity contribution in [2.75, 3.05) is 18.9 Å². The van der Waals surface area contributed by atoms with Crippen molar-refractivity contribution in [3.8, 4) is 10.6 Å². The number of nitrogens with zero attached hydrogens (tertiary/aromatic N) is 2. The van der Waals surface area contributed by atoms with Crippen LogP contribution in [0.3, 0.4) is 0 Å². The van der Waals surface area contributed by atoms with Crippen LogP contribution in [0.1, 0.15) is 0 Å². The van der Waals surface area contributed by atoms with Crippen LogP contribution in [-0.2, 0) is 14.8 Å². The predicted molar refractivity (Wildman–Crippen MR) is 107 cm³/mol. The van der Waals surface area contributed by atoms with Crippen LogP contribution < -0.4 is 5.32 Å². The van der Waals surface area contributed by atoms with Crippen molar-refractivity contribution in [2.45, 2.75) is 4.90 Å². The van der Waals surface area contributed by atoms with Crippen molar-refractivity contribution >= 4 is 44.6 Å². The van der Waals surface area contributed by atoms with Crippen LogP contribution in [0.2, 0.25) is 5.02 Å². The second-order valence-electron chi connectivity index (χ2n) is 5.68. The molecule has 0 radical (unpaired) electrons. The molecule has 6 nitrogen and oxygen atoms in total. The van der Waals surface area contributed by atoms with Crippen LogP contribution >= 0.6 is 22.9 Å². The Morgan fingerprint density at radius 1 is 1.15 bits per heavy atom. The number of rotatable bonds is 6. The molecule has 9 heteroatoms. The molecule has 0 fully saturated rings. The summed E-state index contributed by atoms with van der Waals surface area (Å²) in [6.07, 6.45) is 1.73. The van der Waals surface area contributed by atoms with Gasteiger partial charge in [0, 0.05) is 34.9 Å². The van der Waals surface area contributed by atoms with Gasteiger partial charge in [-0.05, 0) is 48.5 Å². The highest BCUT2D eigenvalue weighted by Gasteiger charge is 2.22. The molecule has 0 aliphatic carbocycles. The summed E-state index contributed by atoms with van der Waals surface area (Å²) in [5.41, 5.74) is 1.53. The summed E-state index contributed by atoms with van der Waals surface area (Å²) in [5.74, 6) is -0.433. The number of amides is 1. The number of benzene rings is 2. The van der Waals surface area contributed by atoms with E-state index in [0.29, 0.717) is 10.7 Å². The minimum absolute atomic E-state index is 0.0787. The number of hydrogen-bond acceptors (Lipinski definition) is 5. The van der Waals surface area contributed by atoms with Gasteiger partial charge in [-0.2, -0.15) is 4.31 Å². The standard InChI is InChI=1S/C18H16ClN3O3S2/c1-22(27(24,25)16-8-4-14(19)5-9-16)12-17(23)21-15-6-2-13(3-7-15)18-20-10-11-26-18/h2-11H,12H2,1H3,(H,21,23). The molecule has 3 aromatic rings. The number of nitrogens with one attached hydrogen (secondary N) is 1. The topological polar surface area (TPSA) is 79.4 Å². The van der Waals surface area contributed by atoms with E-state index in [9.17, 15) is 13.2 Å². The Balaban J connectivity index is 1.64. The molecule has 1 N–H and O–H groups in total. The molecular formula is C18H16ClN3O3S2. The number of aromatic nitrogens is 1. The summed E-state index contributed by atoms with van der Waals surface area (Å²) in [6, 6.07) is 13.0. The fraction of sp³-hybridized carbons (Fsp3) is 0.111. The zero-order valence-electron chi connectivity index (χ0n) is 14.3. The third-order valence-corrected chi connectivity index (χ3v) is 6.63. The lowest BCUT2D eigenvalue weighted by molar-refractivity contribution is -0.116. The molecule has 3 rings (SSSR count). The minimum atomic E-state index is -3.77. The largest absolute Gasteiger partial charge is 0.325 e. The maximum atomic E-state index is 12.5. The van der Waals surface area contributed by atoms with Gasteiger partial charge in [0.25, 0.3) is 0 Å². The van der Waals surface area contributed by atoms with Crippen molar-refractivity contribution in [3.63, 3.8) is 0 Å². The minimum Gasteiger partial charge on any atom is -0.325 e. The van der Waals surface area contributed by atoms with E-state index in [4.69, 9.17) is 11.6 Å². The van der Waals surface area contributed by atoms with Gasteiger partial charge in [-0.3, -0.25) is 4.79 Å². The smallest absolute Gasteiger partial charge is 0.243 e. The van der Waals surface area contributed by atoms with Crippen LogP contribution in [0.5, 0.6) is 0 Å². The first kappa shape index (κ1) is 19.5. The molecule has 27 heavy (non-hydrogen) atoms. The van der Waals surface area contributed by atoms with E-state index >= 15 is 0 Å². The lowest BCUT2D eigenvalue weighted by Crippen LogP contribution is -2.34. The molecule has 0 atom stereocenters. The van der Waals surface area contributed by atoms with Crippen LogP contribution in [-0.4, -0.2) is 37.2 Å². The maximum Gasteiger partial charge on any atom is 0.243 e. The van der Waals surface area contributed by atoms with Crippen molar-refractivity contribution in [3.05, 3.63) is 65.1 Å². The van der Waals surface area contributed by atoms with E-state index in [1.54, 1.807) is 18.3 Å². The number of likely N-dealkylation sites (N-methyl/N-ethyl adjacent to an activating group) is 1. The second kappa shape index (κ2) is 8.18. The van der Waals surface area contributed by atoms with Crippen molar-refractivity contribution in [1.29, 1.82) is 0 Å². The third kappa shape index (κ3) is 4.72. The van der Waals surface area contributed by atoms with Crippen molar-refractivity contribution in [2.24, 2.45) is 0 Å². The summed E-state index contributed by atoms with van der Waals surface area (Å²) in [4.78, 5) is 16.5. The predicted octanol–water partition coefficient (Wildman–Crippen LogP) is 3.72. The Kier molecular flexibility index (Phi) is 5.91. The fourth-order valence-corrected chi connectivity index (χ4v) is 4.23. The lowest BCUT2D eigenvalue weighted by atomic mass is 10.2. The zero-order chi connectivity index (χ0) is 19.4. The number of thiazole rings is 1. The van der Waals surface area contributed by atoms with Gasteiger partial charge in [0.2, 0.25) is 15.9 Å². The normalized spacial score (nSPS) is 11.5. The highest BCUT2D eigenvalue weighted by molar-refractivity contribution is 7.89. The molecule has 0 aliphatic heterocycles. The number of sulfonamides is 1. The Hall–Kier alpha value is -2.26. The van der Waals surface area contributed by atoms with Gasteiger partial charge in [0.15, 0.2) is 0 Å². The zero-order valence-corrected chi connectivity index (χ0v) is 16.7. The van der Waals surface area contributed by atoms with Gasteiger partial charge in [-0.25, -0.2) is 13.4 Å². The second-order valence-corrected chi connectivity index (χ2v) is 9.05. The molecule has 0 bridgehead atoms. The van der Waals surface area contributed by atoms with E-state index in [1.807, 2.05) is 17.5 Å². The Morgan fingerprint density at radius 2 is 1.81 bits per heavy atom. The first-order valence-electron chi connectivity index (χ1n) is 7.88. The van der Waals surface area contributed by atoms with Crippen LogP contribution in [0.15, 0.2) is 65.0 Å². The van der Waals surface area contributed by atoms with Gasteiger partial charge in [0.05, 0.1) is 11.4 Å². The molecule has 2 aromatic carbocycles. The van der Waals surface area contributed by atoms with E-state index in [-0.39, 0.29) is 11.4 Å². The van der Waals surface area contributed by atoms with Crippen LogP contribution in [0.4, 0.5) is 5.69 Å². The molecule has 0 spiro atoms. The summed E-state index contributed by atoms with van der Waals surface area (Å²) in [6.45, 7) is -0.306. The highest BCUT2D eigenvalue weighted by atomic mass is 35.5. The highest BCUT2D eigenvalue weighted by Crippen LogP contribution is 2.23. The molecular weight excluding hydrogens is 406 g/mol. The molecule has 140 valence electrons. The van der Waals surface area contributed by atoms with Crippen molar-refractivity contribution in [1.82, 2.24) is 9.29 Å². The van der Waals surface area contributed by atoms with E-state index in [2.05, 4.69) is 10.3 Å². The summed E-state index contributed by atoms with van der Waals surface area (Å²) < 4.78 is 26.0. The SMILES string of the molecule is CN(CC(=O)Nc1ccc(-c2nccs2)cc1)S(=O)(=O)c1ccc(Cl)cc1. The fourth-order valence-electron chi connectivity index (χ4n) is 2.34. The number of halogens is 1. The number of carbonyl (C=O) groups is 1. The first-order chi connectivity index (χ1) is 12.9. The molecule has 0 saturated carbocycles. The van der Waals surface area contributed by atoms with Gasteiger partial charge in [-0.1, -0.05) is 11.6 Å². The Morgan fingerprint density at radius 3 is 2.41 bits per heavy atom. The third-order valence-electron chi connectivity index (χ3n) is 3.74. The van der Waals surface area contributed by atoms with E-state index in [1.165, 1.54) is 42.6 Å². The molecule has 0 aliphatic rings. The molecule has 1 amide bonds. The van der Waals surface area contributed by atoms with Gasteiger partial charge in [0.1, 0.15) is 5.01 Å². The number of anilines is 1. The molecule has 0 unspecified atom stereocenters. The summed E-state index contributed by atoms with van der Waals surface area (Å²) in [5, 5.41) is 5.92. The van der Waals surface area contributed by atoms with E-state index in [0.717, 1.165) is 14.9 Å². The quantitative estimate of drug-likeness (QED) is 0.657. The van der Waals surface area contributed by atoms with E-state index < -0.39 is 15.9 Å². The van der Waals surface area contributed by atoms with Gasteiger partial charge >= 0.3 is 0 Å². The number of carbonyl (C=O) groups excluding carboxylic acids is 1. The average molecular weight is 422 g/mol. The average Bonchev–Trinajstić information content (AvgIpc) is 3.17. The summed E-state index contributed by atoms with van der Waals surface area (Å²) in [7, 11) is -2.42. The van der Waals surface area contributed by atoms with Crippen LogP contribution in [0.25, 0.3) is 10.6 Å². The number of hydrogen-bond donors (Lipinski definition) is 1. The van der Waals surface area contributed by atoms with Crippen molar-refractivity contribution < 1.29 is 13.2 Å². The Bertz CT molecular complexity index is 1020. The van der Waals surface area contributed by atoms with Gasteiger partial charge < -0.3 is 5.32 Å². The molecule has 1 heterocycles. The van der Waals surface area contributed by atoms with Crippen LogP contribution in [0, 0.1) is 0 Å². The monoisotopic (exact) mass is 421 g/mol. The first-order valence-corrected chi connectivity index (χ1v) is 10.6. The molecule has 0 saturated heterocycles. The molecule has 1 aromatic heterocycles. The Labute approximate surface area is 166 Å². The lowest BCUT2D eigenvalue weighted by Gasteiger charge is -2.17. The summed E-state index contributed by atoms with van der Waals surface area (Å²) >= 11 is 7.31. The van der Waals surface area contributed by atoms with Gasteiger partial charge in [-0.15, -0.1) is 11.3 Å².